The third-order valence-corrected chi connectivity index (χ3v) is 5.19. The molecule has 23 heavy (non-hydrogen) atoms. The van der Waals surface area contributed by atoms with Crippen LogP contribution in [-0.2, 0) is 6.18 Å². The molecular weight excluding hydrogens is 321 g/mol. The van der Waals surface area contributed by atoms with Gasteiger partial charge in [0.2, 0.25) is 0 Å². The summed E-state index contributed by atoms with van der Waals surface area (Å²) in [5, 5.41) is 5.41. The van der Waals surface area contributed by atoms with Gasteiger partial charge in [-0.1, -0.05) is 12.1 Å². The van der Waals surface area contributed by atoms with Gasteiger partial charge in [0.05, 0.1) is 11.6 Å². The van der Waals surface area contributed by atoms with Crippen LogP contribution < -0.4 is 5.32 Å². The highest BCUT2D eigenvalue weighted by Gasteiger charge is 2.31. The number of nitrogens with zero attached hydrogens (tertiary/aromatic N) is 1. The maximum atomic E-state index is 12.8. The van der Waals surface area contributed by atoms with Gasteiger partial charge in [-0.2, -0.15) is 13.2 Å². The van der Waals surface area contributed by atoms with Crippen molar-refractivity contribution < 1.29 is 13.2 Å². The lowest BCUT2D eigenvalue weighted by Gasteiger charge is -2.34. The number of rotatable bonds is 3. The highest BCUT2D eigenvalue weighted by Crippen LogP contribution is 2.35. The molecule has 0 aliphatic carbocycles. The van der Waals surface area contributed by atoms with Crippen LogP contribution in [0.3, 0.4) is 0 Å². The Balaban J connectivity index is 1.94. The molecule has 1 aliphatic heterocycles. The minimum Gasteiger partial charge on any atom is -0.314 e. The van der Waals surface area contributed by atoms with Gasteiger partial charge >= 0.3 is 6.18 Å². The van der Waals surface area contributed by atoms with Gasteiger partial charge in [0.25, 0.3) is 0 Å². The number of thiophene rings is 1. The van der Waals surface area contributed by atoms with Crippen LogP contribution in [0.15, 0.2) is 35.7 Å². The van der Waals surface area contributed by atoms with Crippen molar-refractivity contribution in [2.75, 3.05) is 26.2 Å². The van der Waals surface area contributed by atoms with E-state index in [0.717, 1.165) is 31.7 Å². The minimum atomic E-state index is -4.29. The first-order valence-corrected chi connectivity index (χ1v) is 8.50. The number of benzene rings is 1. The van der Waals surface area contributed by atoms with E-state index in [1.54, 1.807) is 23.5 Å². The van der Waals surface area contributed by atoms with E-state index in [2.05, 4.69) is 21.7 Å². The quantitative estimate of drug-likeness (QED) is 0.906. The van der Waals surface area contributed by atoms with Gasteiger partial charge in [0.1, 0.15) is 0 Å². The van der Waals surface area contributed by atoms with E-state index in [1.165, 1.54) is 22.6 Å². The lowest BCUT2D eigenvalue weighted by atomic mass is 10.0. The van der Waals surface area contributed by atoms with Crippen molar-refractivity contribution in [2.24, 2.45) is 0 Å². The Morgan fingerprint density at radius 2 is 1.78 bits per heavy atom. The lowest BCUT2D eigenvalue weighted by Crippen LogP contribution is -2.45. The fourth-order valence-corrected chi connectivity index (χ4v) is 4.00. The zero-order chi connectivity index (χ0) is 16.4. The standard InChI is InChI=1S/C17H19F3N2S/c1-12-10-15(23-11-12)16(22-8-6-21-7-9-22)13-2-4-14(5-3-13)17(18,19)20/h2-5,10-11,16,21H,6-9H2,1H3. The van der Waals surface area contributed by atoms with E-state index in [4.69, 9.17) is 0 Å². The molecule has 0 bridgehead atoms. The summed E-state index contributed by atoms with van der Waals surface area (Å²) in [4.78, 5) is 3.52. The number of alkyl halides is 3. The summed E-state index contributed by atoms with van der Waals surface area (Å²) in [6.07, 6.45) is -4.29. The van der Waals surface area contributed by atoms with E-state index in [-0.39, 0.29) is 6.04 Å². The SMILES string of the molecule is Cc1csc(C(c2ccc(C(F)(F)F)cc2)N2CCNCC2)c1. The van der Waals surface area contributed by atoms with Gasteiger partial charge in [0, 0.05) is 31.1 Å². The van der Waals surface area contributed by atoms with Crippen LogP contribution in [0.4, 0.5) is 13.2 Å². The van der Waals surface area contributed by atoms with Crippen LogP contribution in [0.1, 0.15) is 27.6 Å². The number of piperazine rings is 1. The van der Waals surface area contributed by atoms with Crippen molar-refractivity contribution >= 4 is 11.3 Å². The van der Waals surface area contributed by atoms with E-state index in [9.17, 15) is 13.2 Å². The summed E-state index contributed by atoms with van der Waals surface area (Å²) in [6, 6.07) is 7.76. The van der Waals surface area contributed by atoms with Crippen LogP contribution >= 0.6 is 11.3 Å². The number of hydrogen-bond donors (Lipinski definition) is 1. The monoisotopic (exact) mass is 340 g/mol. The second-order valence-electron chi connectivity index (χ2n) is 5.83. The Labute approximate surface area is 137 Å². The molecule has 1 aliphatic rings. The molecule has 1 atom stereocenters. The zero-order valence-electron chi connectivity index (χ0n) is 12.9. The fraction of sp³-hybridized carbons (Fsp3) is 0.412. The average Bonchev–Trinajstić information content (AvgIpc) is 2.94. The van der Waals surface area contributed by atoms with Crippen LogP contribution in [0.2, 0.25) is 0 Å². The van der Waals surface area contributed by atoms with Crippen molar-refractivity contribution in [1.29, 1.82) is 0 Å². The van der Waals surface area contributed by atoms with E-state index in [0.29, 0.717) is 0 Å². The summed E-state index contributed by atoms with van der Waals surface area (Å²) in [7, 11) is 0. The van der Waals surface area contributed by atoms with Gasteiger partial charge in [-0.25, -0.2) is 0 Å². The highest BCUT2D eigenvalue weighted by atomic mass is 32.1. The van der Waals surface area contributed by atoms with Crippen molar-refractivity contribution in [3.63, 3.8) is 0 Å². The highest BCUT2D eigenvalue weighted by molar-refractivity contribution is 7.10. The second kappa shape index (κ2) is 6.63. The Morgan fingerprint density at radius 3 is 2.30 bits per heavy atom. The molecule has 0 saturated carbocycles. The first-order chi connectivity index (χ1) is 10.9. The van der Waals surface area contributed by atoms with Gasteiger partial charge in [-0.3, -0.25) is 4.90 Å². The van der Waals surface area contributed by atoms with Crippen LogP contribution in [0, 0.1) is 6.92 Å². The molecule has 3 rings (SSSR count). The summed E-state index contributed by atoms with van der Waals surface area (Å²) in [5.74, 6) is 0. The molecule has 124 valence electrons. The first kappa shape index (κ1) is 16.5. The van der Waals surface area contributed by atoms with E-state index in [1.807, 2.05) is 6.92 Å². The smallest absolute Gasteiger partial charge is 0.314 e. The third kappa shape index (κ3) is 3.76. The van der Waals surface area contributed by atoms with E-state index < -0.39 is 11.7 Å². The molecule has 1 aromatic heterocycles. The maximum absolute atomic E-state index is 12.8. The molecule has 6 heteroatoms. The van der Waals surface area contributed by atoms with Crippen molar-refractivity contribution in [2.45, 2.75) is 19.1 Å². The van der Waals surface area contributed by atoms with Crippen LogP contribution in [0.5, 0.6) is 0 Å². The summed E-state index contributed by atoms with van der Waals surface area (Å²) >= 11 is 1.67. The molecule has 1 N–H and O–H groups in total. The molecule has 1 fully saturated rings. The normalized spacial score (nSPS) is 18.1. The Kier molecular flexibility index (Phi) is 4.75. The van der Waals surface area contributed by atoms with Gasteiger partial charge < -0.3 is 5.32 Å². The minimum absolute atomic E-state index is 0.0260. The van der Waals surface area contributed by atoms with Crippen LogP contribution in [0.25, 0.3) is 0 Å². The molecule has 0 radical (unpaired) electrons. The molecule has 1 saturated heterocycles. The second-order valence-corrected chi connectivity index (χ2v) is 6.78. The summed E-state index contributed by atoms with van der Waals surface area (Å²) < 4.78 is 38.4. The molecule has 0 spiro atoms. The van der Waals surface area contributed by atoms with Crippen molar-refractivity contribution in [3.05, 3.63) is 57.3 Å². The number of halogens is 3. The number of aryl methyl sites for hydroxylation is 1. The summed E-state index contributed by atoms with van der Waals surface area (Å²) in [6.45, 7) is 5.63. The largest absolute Gasteiger partial charge is 0.416 e. The molecule has 2 aromatic rings. The molecule has 2 heterocycles. The predicted octanol–water partition coefficient (Wildman–Crippen LogP) is 4.07. The predicted molar refractivity (Wildman–Crippen MR) is 86.8 cm³/mol. The Morgan fingerprint density at radius 1 is 1.13 bits per heavy atom. The summed E-state index contributed by atoms with van der Waals surface area (Å²) in [5.41, 5.74) is 1.52. The van der Waals surface area contributed by atoms with Crippen LogP contribution in [-0.4, -0.2) is 31.1 Å². The van der Waals surface area contributed by atoms with E-state index >= 15 is 0 Å². The number of hydrogen-bond acceptors (Lipinski definition) is 3. The Hall–Kier alpha value is -1.37. The third-order valence-electron chi connectivity index (χ3n) is 4.09. The Bertz CT molecular complexity index is 643. The lowest BCUT2D eigenvalue weighted by molar-refractivity contribution is -0.137. The fourth-order valence-electron chi connectivity index (χ4n) is 2.95. The number of nitrogens with one attached hydrogen (secondary N) is 1. The van der Waals surface area contributed by atoms with Crippen molar-refractivity contribution in [1.82, 2.24) is 10.2 Å². The first-order valence-electron chi connectivity index (χ1n) is 7.62. The van der Waals surface area contributed by atoms with Gasteiger partial charge in [-0.15, -0.1) is 11.3 Å². The van der Waals surface area contributed by atoms with Gasteiger partial charge in [0.15, 0.2) is 0 Å². The topological polar surface area (TPSA) is 15.3 Å². The van der Waals surface area contributed by atoms with Gasteiger partial charge in [-0.05, 0) is 41.6 Å². The average molecular weight is 340 g/mol. The zero-order valence-corrected chi connectivity index (χ0v) is 13.7. The molecule has 1 aromatic carbocycles. The maximum Gasteiger partial charge on any atom is 0.416 e. The molecular formula is C17H19F3N2S. The van der Waals surface area contributed by atoms with Crippen molar-refractivity contribution in [3.8, 4) is 0 Å². The molecule has 2 nitrogen and oxygen atoms in total. The molecule has 0 amide bonds. The molecule has 1 unspecified atom stereocenters.